The molecule has 0 aliphatic carbocycles. The lowest BCUT2D eigenvalue weighted by molar-refractivity contribution is -0.116. The summed E-state index contributed by atoms with van der Waals surface area (Å²) in [7, 11) is 0. The Morgan fingerprint density at radius 1 is 1.13 bits per heavy atom. The second kappa shape index (κ2) is 8.55. The zero-order chi connectivity index (χ0) is 22.0. The molecule has 0 bridgehead atoms. The molecule has 0 unspecified atom stereocenters. The molecular weight excluding hydrogens is 402 g/mol. The first-order chi connectivity index (χ1) is 14.9. The number of pyridine rings is 1. The lowest BCUT2D eigenvalue weighted by Crippen LogP contribution is -2.23. The number of fused-ring (bicyclic) bond motifs is 1. The van der Waals surface area contributed by atoms with Crippen LogP contribution in [0.3, 0.4) is 0 Å². The van der Waals surface area contributed by atoms with Crippen molar-refractivity contribution in [3.8, 4) is 5.75 Å². The molecule has 5 nitrogen and oxygen atoms in total. The van der Waals surface area contributed by atoms with Crippen LogP contribution in [0, 0.1) is 18.6 Å². The minimum absolute atomic E-state index is 0.106. The largest absolute Gasteiger partial charge is 0.488 e. The highest BCUT2D eigenvalue weighted by molar-refractivity contribution is 5.62. The number of ether oxygens (including phenoxy) is 1. The smallest absolute Gasteiger partial charge is 0.257 e. The Morgan fingerprint density at radius 2 is 1.97 bits per heavy atom. The van der Waals surface area contributed by atoms with Gasteiger partial charge < -0.3 is 14.2 Å². The zero-order valence-electron chi connectivity index (χ0n) is 16.8. The number of halogens is 2. The summed E-state index contributed by atoms with van der Waals surface area (Å²) in [6, 6.07) is 10.8. The Labute approximate surface area is 177 Å². The van der Waals surface area contributed by atoms with Gasteiger partial charge in [0.1, 0.15) is 24.0 Å². The van der Waals surface area contributed by atoms with Crippen molar-refractivity contribution in [3.63, 3.8) is 0 Å². The van der Waals surface area contributed by atoms with E-state index in [1.807, 2.05) is 24.3 Å². The van der Waals surface area contributed by atoms with E-state index >= 15 is 0 Å². The molecule has 2 heterocycles. The van der Waals surface area contributed by atoms with Crippen LogP contribution in [0.15, 0.2) is 59.7 Å². The Bertz CT molecular complexity index is 1230. The minimum Gasteiger partial charge on any atom is -0.488 e. The van der Waals surface area contributed by atoms with Gasteiger partial charge >= 0.3 is 0 Å². The fourth-order valence-electron chi connectivity index (χ4n) is 3.48. The van der Waals surface area contributed by atoms with Crippen molar-refractivity contribution < 1.29 is 18.3 Å². The Morgan fingerprint density at radius 3 is 2.74 bits per heavy atom. The number of benzene rings is 2. The molecule has 0 saturated heterocycles. The van der Waals surface area contributed by atoms with Gasteiger partial charge in [-0.2, -0.15) is 0 Å². The molecule has 0 fully saturated rings. The third kappa shape index (κ3) is 4.40. The number of nitrogens with zero attached hydrogens (tertiary/aromatic N) is 2. The van der Waals surface area contributed by atoms with Gasteiger partial charge in [-0.15, -0.1) is 0 Å². The molecule has 4 rings (SSSR count). The monoisotopic (exact) mass is 422 g/mol. The maximum Gasteiger partial charge on any atom is 0.257 e. The van der Waals surface area contributed by atoms with E-state index in [0.29, 0.717) is 24.4 Å². The van der Waals surface area contributed by atoms with Gasteiger partial charge in [0, 0.05) is 24.0 Å². The lowest BCUT2D eigenvalue weighted by Gasteiger charge is -2.20. The van der Waals surface area contributed by atoms with Gasteiger partial charge in [-0.1, -0.05) is 12.1 Å². The fraction of sp³-hybridized carbons (Fsp3) is 0.167. The van der Waals surface area contributed by atoms with Crippen molar-refractivity contribution in [2.75, 3.05) is 0 Å². The quantitative estimate of drug-likeness (QED) is 0.564. The SMILES string of the molecule is Cc1c(OCc2ccc(F)cc2F)ccn(Cc2ccc3c(c2)C=CN(C=O)C3)c1=O. The first-order valence-corrected chi connectivity index (χ1v) is 9.72. The summed E-state index contributed by atoms with van der Waals surface area (Å²) in [5, 5.41) is 0. The summed E-state index contributed by atoms with van der Waals surface area (Å²) in [6.07, 6.45) is 6.01. The van der Waals surface area contributed by atoms with E-state index in [1.54, 1.807) is 34.9 Å². The van der Waals surface area contributed by atoms with Crippen LogP contribution in [0.2, 0.25) is 0 Å². The van der Waals surface area contributed by atoms with E-state index in [-0.39, 0.29) is 17.7 Å². The zero-order valence-corrected chi connectivity index (χ0v) is 16.8. The van der Waals surface area contributed by atoms with Crippen molar-refractivity contribution in [2.45, 2.75) is 26.6 Å². The molecule has 1 amide bonds. The van der Waals surface area contributed by atoms with E-state index < -0.39 is 11.6 Å². The van der Waals surface area contributed by atoms with Crippen molar-refractivity contribution in [2.24, 2.45) is 0 Å². The predicted molar refractivity (Wildman–Crippen MR) is 112 cm³/mol. The molecule has 3 aromatic rings. The summed E-state index contributed by atoms with van der Waals surface area (Å²) in [5.74, 6) is -0.991. The maximum atomic E-state index is 13.8. The van der Waals surface area contributed by atoms with Crippen LogP contribution < -0.4 is 10.3 Å². The van der Waals surface area contributed by atoms with Crippen LogP contribution in [0.5, 0.6) is 5.75 Å². The van der Waals surface area contributed by atoms with Crippen LogP contribution in [-0.2, 0) is 24.5 Å². The average molecular weight is 422 g/mol. The normalized spacial score (nSPS) is 12.5. The molecule has 0 spiro atoms. The number of aromatic nitrogens is 1. The molecule has 31 heavy (non-hydrogen) atoms. The topological polar surface area (TPSA) is 51.5 Å². The Hall–Kier alpha value is -3.74. The van der Waals surface area contributed by atoms with Crippen LogP contribution in [0.4, 0.5) is 8.78 Å². The van der Waals surface area contributed by atoms with Gasteiger partial charge in [0.05, 0.1) is 18.7 Å². The third-order valence-corrected chi connectivity index (χ3v) is 5.25. The average Bonchev–Trinajstić information content (AvgIpc) is 2.77. The molecule has 0 N–H and O–H groups in total. The fourth-order valence-corrected chi connectivity index (χ4v) is 3.48. The molecule has 158 valence electrons. The van der Waals surface area contributed by atoms with Crippen LogP contribution in [0.25, 0.3) is 6.08 Å². The summed E-state index contributed by atoms with van der Waals surface area (Å²) >= 11 is 0. The van der Waals surface area contributed by atoms with Gasteiger partial charge in [-0.25, -0.2) is 8.78 Å². The molecule has 7 heteroatoms. The van der Waals surface area contributed by atoms with E-state index in [1.165, 1.54) is 6.07 Å². The number of carbonyl (C=O) groups excluding carboxylic acids is 1. The van der Waals surface area contributed by atoms with Gasteiger partial charge in [0.25, 0.3) is 5.56 Å². The highest BCUT2D eigenvalue weighted by Gasteiger charge is 2.13. The molecule has 1 aliphatic heterocycles. The van der Waals surface area contributed by atoms with Crippen LogP contribution >= 0.6 is 0 Å². The standard InChI is InChI=1S/C24H20F2N2O3/c1-16-23(31-14-20-4-5-21(25)11-22(20)26)7-9-28(24(16)30)12-17-2-3-19-13-27(15-29)8-6-18(19)10-17/h2-11,15H,12-14H2,1H3. The Kier molecular flexibility index (Phi) is 5.66. The van der Waals surface area contributed by atoms with Crippen molar-refractivity contribution in [1.29, 1.82) is 0 Å². The summed E-state index contributed by atoms with van der Waals surface area (Å²) < 4.78 is 34.0. The van der Waals surface area contributed by atoms with Crippen LogP contribution in [0.1, 0.15) is 27.8 Å². The second-order valence-electron chi connectivity index (χ2n) is 7.39. The predicted octanol–water partition coefficient (Wildman–Crippen LogP) is 4.00. The lowest BCUT2D eigenvalue weighted by atomic mass is 10.0. The molecule has 2 aromatic carbocycles. The number of carbonyl (C=O) groups is 1. The molecule has 0 radical (unpaired) electrons. The third-order valence-electron chi connectivity index (χ3n) is 5.25. The first kappa shape index (κ1) is 20.5. The van der Waals surface area contributed by atoms with Gasteiger partial charge in [-0.05, 0) is 54.0 Å². The molecule has 0 atom stereocenters. The molecule has 0 saturated carbocycles. The second-order valence-corrected chi connectivity index (χ2v) is 7.39. The van der Waals surface area contributed by atoms with Crippen molar-refractivity contribution >= 4 is 12.5 Å². The van der Waals surface area contributed by atoms with Gasteiger partial charge in [-0.3, -0.25) is 9.59 Å². The Balaban J connectivity index is 1.50. The van der Waals surface area contributed by atoms with E-state index in [4.69, 9.17) is 4.74 Å². The number of hydrogen-bond donors (Lipinski definition) is 0. The van der Waals surface area contributed by atoms with E-state index in [9.17, 15) is 18.4 Å². The summed E-state index contributed by atoms with van der Waals surface area (Å²) in [5.41, 5.74) is 3.41. The van der Waals surface area contributed by atoms with Crippen molar-refractivity contribution in [3.05, 3.63) is 105 Å². The number of amides is 1. The summed E-state index contributed by atoms with van der Waals surface area (Å²) in [6.45, 7) is 2.45. The van der Waals surface area contributed by atoms with Gasteiger partial charge in [0.15, 0.2) is 0 Å². The minimum atomic E-state index is -0.691. The number of hydrogen-bond acceptors (Lipinski definition) is 3. The number of rotatable bonds is 6. The van der Waals surface area contributed by atoms with Crippen molar-refractivity contribution in [1.82, 2.24) is 9.47 Å². The molecule has 1 aromatic heterocycles. The highest BCUT2D eigenvalue weighted by Crippen LogP contribution is 2.21. The summed E-state index contributed by atoms with van der Waals surface area (Å²) in [4.78, 5) is 25.3. The van der Waals surface area contributed by atoms with E-state index in [2.05, 4.69) is 0 Å². The molecule has 1 aliphatic rings. The van der Waals surface area contributed by atoms with Crippen LogP contribution in [-0.4, -0.2) is 15.9 Å². The van der Waals surface area contributed by atoms with E-state index in [0.717, 1.165) is 35.2 Å². The molecular formula is C24H20F2N2O3. The highest BCUT2D eigenvalue weighted by atomic mass is 19.1. The first-order valence-electron chi connectivity index (χ1n) is 9.72. The van der Waals surface area contributed by atoms with Gasteiger partial charge in [0.2, 0.25) is 6.41 Å². The maximum absolute atomic E-state index is 13.8.